The predicted molar refractivity (Wildman–Crippen MR) is 77.0 cm³/mol. The van der Waals surface area contributed by atoms with E-state index < -0.39 is 12.6 Å². The molecule has 8 heteroatoms. The third-order valence-electron chi connectivity index (χ3n) is 2.38. The Kier molecular flexibility index (Phi) is 7.14. The Morgan fingerprint density at radius 1 is 1.29 bits per heavy atom. The number of hydrogen-bond acceptors (Lipinski definition) is 2. The third kappa shape index (κ3) is 8.29. The van der Waals surface area contributed by atoms with Crippen molar-refractivity contribution in [1.29, 1.82) is 0 Å². The molecule has 0 bridgehead atoms. The monoisotopic (exact) mass is 323 g/mol. The van der Waals surface area contributed by atoms with E-state index in [0.29, 0.717) is 29.9 Å². The maximum atomic E-state index is 12.0. The summed E-state index contributed by atoms with van der Waals surface area (Å²) >= 11 is 5.81. The van der Waals surface area contributed by atoms with Gasteiger partial charge in [-0.15, -0.1) is 0 Å². The van der Waals surface area contributed by atoms with Crippen LogP contribution in [0.3, 0.4) is 0 Å². The van der Waals surface area contributed by atoms with Gasteiger partial charge < -0.3 is 15.4 Å². The number of halogens is 4. The van der Waals surface area contributed by atoms with E-state index in [0.717, 1.165) is 0 Å². The average molecular weight is 324 g/mol. The molecule has 0 fully saturated rings. The van der Waals surface area contributed by atoms with E-state index in [2.05, 4.69) is 15.6 Å². The van der Waals surface area contributed by atoms with Gasteiger partial charge in [-0.2, -0.15) is 13.2 Å². The minimum atomic E-state index is -4.18. The molecule has 0 aromatic heterocycles. The molecule has 118 valence electrons. The van der Waals surface area contributed by atoms with Crippen molar-refractivity contribution >= 4 is 17.6 Å². The zero-order chi connectivity index (χ0) is 15.7. The summed E-state index contributed by atoms with van der Waals surface area (Å²) in [6.07, 6.45) is -5.09. The van der Waals surface area contributed by atoms with Gasteiger partial charge in [-0.25, -0.2) is 0 Å². The molecule has 2 N–H and O–H groups in total. The molecule has 1 aromatic rings. The van der Waals surface area contributed by atoms with Crippen LogP contribution in [0.4, 0.5) is 13.2 Å². The number of nitrogens with zero attached hydrogens (tertiary/aromatic N) is 1. The zero-order valence-corrected chi connectivity index (χ0v) is 12.3. The summed E-state index contributed by atoms with van der Waals surface area (Å²) in [7, 11) is 1.49. The molecule has 0 atom stereocenters. The second kappa shape index (κ2) is 8.61. The lowest BCUT2D eigenvalue weighted by atomic mass is 10.3. The van der Waals surface area contributed by atoms with Crippen molar-refractivity contribution in [3.8, 4) is 5.75 Å². The number of ether oxygens (including phenoxy) is 1. The van der Waals surface area contributed by atoms with E-state index in [9.17, 15) is 13.2 Å². The van der Waals surface area contributed by atoms with Crippen LogP contribution in [0.25, 0.3) is 0 Å². The predicted octanol–water partition coefficient (Wildman–Crippen LogP) is 2.84. The SMILES string of the molecule is CN=C(NCCOc1cccc(Cl)c1)NCCC(F)(F)F. The summed E-state index contributed by atoms with van der Waals surface area (Å²) in [4.78, 5) is 3.82. The van der Waals surface area contributed by atoms with Gasteiger partial charge in [0.05, 0.1) is 13.0 Å². The lowest BCUT2D eigenvalue weighted by Crippen LogP contribution is -2.40. The molecule has 0 radical (unpaired) electrons. The maximum Gasteiger partial charge on any atom is 0.390 e. The van der Waals surface area contributed by atoms with Crippen LogP contribution in [0.5, 0.6) is 5.75 Å². The molecule has 0 saturated carbocycles. The van der Waals surface area contributed by atoms with Crippen LogP contribution in [-0.2, 0) is 0 Å². The van der Waals surface area contributed by atoms with Crippen LogP contribution < -0.4 is 15.4 Å². The molecule has 1 aromatic carbocycles. The fourth-order valence-electron chi connectivity index (χ4n) is 1.44. The first kappa shape index (κ1) is 17.4. The topological polar surface area (TPSA) is 45.7 Å². The Hall–Kier alpha value is -1.63. The van der Waals surface area contributed by atoms with Crippen LogP contribution in [0, 0.1) is 0 Å². The van der Waals surface area contributed by atoms with Gasteiger partial charge in [0.15, 0.2) is 5.96 Å². The smallest absolute Gasteiger partial charge is 0.390 e. The van der Waals surface area contributed by atoms with Gasteiger partial charge in [0.25, 0.3) is 0 Å². The van der Waals surface area contributed by atoms with Gasteiger partial charge in [-0.3, -0.25) is 4.99 Å². The zero-order valence-electron chi connectivity index (χ0n) is 11.5. The summed E-state index contributed by atoms with van der Waals surface area (Å²) in [5, 5.41) is 6.00. The molecule has 21 heavy (non-hydrogen) atoms. The lowest BCUT2D eigenvalue weighted by Gasteiger charge is -2.13. The molecule has 0 unspecified atom stereocenters. The Morgan fingerprint density at radius 2 is 2.00 bits per heavy atom. The molecule has 0 aliphatic heterocycles. The van der Waals surface area contributed by atoms with Gasteiger partial charge in [0, 0.05) is 18.6 Å². The number of rotatable bonds is 6. The molecule has 0 aliphatic rings. The second-order valence-corrected chi connectivity index (χ2v) is 4.53. The van der Waals surface area contributed by atoms with Crippen molar-refractivity contribution in [3.05, 3.63) is 29.3 Å². The number of guanidine groups is 1. The highest BCUT2D eigenvalue weighted by Gasteiger charge is 2.26. The first-order chi connectivity index (χ1) is 9.90. The van der Waals surface area contributed by atoms with Crippen LogP contribution in [0.15, 0.2) is 29.3 Å². The first-order valence-corrected chi connectivity index (χ1v) is 6.68. The molecule has 0 amide bonds. The Bertz CT molecular complexity index is 466. The average Bonchev–Trinajstić information content (AvgIpc) is 2.40. The largest absolute Gasteiger partial charge is 0.492 e. The van der Waals surface area contributed by atoms with Crippen LogP contribution in [-0.4, -0.2) is 38.9 Å². The quantitative estimate of drug-likeness (QED) is 0.481. The summed E-state index contributed by atoms with van der Waals surface area (Å²) < 4.78 is 41.4. The van der Waals surface area contributed by atoms with Crippen LogP contribution in [0.1, 0.15) is 6.42 Å². The number of aliphatic imine (C=N–C) groups is 1. The highest BCUT2D eigenvalue weighted by atomic mass is 35.5. The number of alkyl halides is 3. The van der Waals surface area contributed by atoms with Gasteiger partial charge in [0.2, 0.25) is 0 Å². The molecule has 0 saturated heterocycles. The van der Waals surface area contributed by atoms with Gasteiger partial charge in [0.1, 0.15) is 12.4 Å². The van der Waals surface area contributed by atoms with Gasteiger partial charge in [-0.05, 0) is 18.2 Å². The van der Waals surface area contributed by atoms with Crippen molar-refractivity contribution < 1.29 is 17.9 Å². The minimum Gasteiger partial charge on any atom is -0.492 e. The molecule has 1 rings (SSSR count). The van der Waals surface area contributed by atoms with E-state index in [1.165, 1.54) is 7.05 Å². The van der Waals surface area contributed by atoms with Crippen molar-refractivity contribution in [1.82, 2.24) is 10.6 Å². The second-order valence-electron chi connectivity index (χ2n) is 4.10. The first-order valence-electron chi connectivity index (χ1n) is 6.30. The number of benzene rings is 1. The van der Waals surface area contributed by atoms with Crippen LogP contribution in [0.2, 0.25) is 5.02 Å². The van der Waals surface area contributed by atoms with Crippen molar-refractivity contribution in [2.75, 3.05) is 26.7 Å². The van der Waals surface area contributed by atoms with Crippen LogP contribution >= 0.6 is 11.6 Å². The fourth-order valence-corrected chi connectivity index (χ4v) is 1.62. The van der Waals surface area contributed by atoms with Gasteiger partial charge >= 0.3 is 6.18 Å². The van der Waals surface area contributed by atoms with Gasteiger partial charge in [-0.1, -0.05) is 17.7 Å². The molecular weight excluding hydrogens is 307 g/mol. The summed E-state index contributed by atoms with van der Waals surface area (Å²) in [5.41, 5.74) is 0. The Balaban J connectivity index is 2.21. The van der Waals surface area contributed by atoms with E-state index in [-0.39, 0.29) is 6.54 Å². The summed E-state index contributed by atoms with van der Waals surface area (Å²) in [5.74, 6) is 0.929. The summed E-state index contributed by atoms with van der Waals surface area (Å²) in [6, 6.07) is 6.95. The fraction of sp³-hybridized carbons (Fsp3) is 0.462. The Labute approximate surface area is 126 Å². The van der Waals surface area contributed by atoms with Crippen molar-refractivity contribution in [2.45, 2.75) is 12.6 Å². The molecule has 0 aliphatic carbocycles. The highest BCUT2D eigenvalue weighted by Crippen LogP contribution is 2.18. The maximum absolute atomic E-state index is 12.0. The number of hydrogen-bond donors (Lipinski definition) is 2. The normalized spacial score (nSPS) is 12.1. The molecule has 4 nitrogen and oxygen atoms in total. The van der Waals surface area contributed by atoms with Crippen molar-refractivity contribution in [3.63, 3.8) is 0 Å². The summed E-state index contributed by atoms with van der Waals surface area (Å²) in [6.45, 7) is 0.511. The van der Waals surface area contributed by atoms with E-state index in [1.807, 2.05) is 0 Å². The number of nitrogens with one attached hydrogen (secondary N) is 2. The lowest BCUT2D eigenvalue weighted by molar-refractivity contribution is -0.132. The van der Waals surface area contributed by atoms with E-state index >= 15 is 0 Å². The molecule has 0 heterocycles. The Morgan fingerprint density at radius 3 is 2.62 bits per heavy atom. The highest BCUT2D eigenvalue weighted by molar-refractivity contribution is 6.30. The standard InChI is InChI=1S/C13H17ClF3N3O/c1-18-12(19-6-5-13(15,16)17)20-7-8-21-11-4-2-3-10(14)9-11/h2-4,9H,5-8H2,1H3,(H2,18,19,20). The van der Waals surface area contributed by atoms with E-state index in [4.69, 9.17) is 16.3 Å². The molecule has 0 spiro atoms. The third-order valence-corrected chi connectivity index (χ3v) is 2.62. The molecular formula is C13H17ClF3N3O. The van der Waals surface area contributed by atoms with Crippen molar-refractivity contribution in [2.24, 2.45) is 4.99 Å². The van der Waals surface area contributed by atoms with E-state index in [1.54, 1.807) is 24.3 Å². The minimum absolute atomic E-state index is 0.224.